The number of hydrogen-bond donors (Lipinski definition) is 0. The van der Waals surface area contributed by atoms with Gasteiger partial charge in [0.1, 0.15) is 0 Å². The summed E-state index contributed by atoms with van der Waals surface area (Å²) in [5.41, 5.74) is 2.05. The number of nitro benzene ring substituents is 1. The van der Waals surface area contributed by atoms with Gasteiger partial charge in [0.05, 0.1) is 16.3 Å². The van der Waals surface area contributed by atoms with Crippen molar-refractivity contribution in [3.63, 3.8) is 0 Å². The number of carbonyl (C=O) groups excluding carboxylic acids is 1. The molecular weight excluding hydrogens is 346 g/mol. The largest absolute Gasteiger partial charge is 0.440 e. The van der Waals surface area contributed by atoms with Crippen molar-refractivity contribution in [1.82, 2.24) is 0 Å². The Hall–Kier alpha value is -3.87. The molecule has 0 aliphatic carbocycles. The molecule has 1 amide bonds. The molecule has 7 nitrogen and oxygen atoms in total. The zero-order valence-electron chi connectivity index (χ0n) is 14.1. The molecule has 4 rings (SSSR count). The number of benzene rings is 3. The van der Waals surface area contributed by atoms with Crippen molar-refractivity contribution in [2.75, 3.05) is 9.96 Å². The van der Waals surface area contributed by atoms with Gasteiger partial charge < -0.3 is 4.84 Å². The number of hydroxylamine groups is 1. The molecule has 0 saturated carbocycles. The van der Waals surface area contributed by atoms with Crippen LogP contribution in [0, 0.1) is 10.1 Å². The van der Waals surface area contributed by atoms with Gasteiger partial charge in [0.2, 0.25) is 0 Å². The SMILES string of the molecule is O=C1ON(c2ccccc2)[C@H](c2ccccc2)N1c1ccc([N+](=O)[O-])cc1. The highest BCUT2D eigenvalue weighted by atomic mass is 16.7. The quantitative estimate of drug-likeness (QED) is 0.498. The number of nitrogens with zero attached hydrogens (tertiary/aromatic N) is 3. The van der Waals surface area contributed by atoms with Crippen molar-refractivity contribution in [3.05, 3.63) is 101 Å². The number of carbonyl (C=O) groups is 1. The third-order valence-electron chi connectivity index (χ3n) is 4.29. The van der Waals surface area contributed by atoms with Crippen molar-refractivity contribution in [2.24, 2.45) is 0 Å². The second-order valence-corrected chi connectivity index (χ2v) is 5.95. The smallest absolute Gasteiger partial charge is 0.319 e. The molecule has 0 N–H and O–H groups in total. The first-order valence-electron chi connectivity index (χ1n) is 8.30. The molecule has 1 aliphatic rings. The fraction of sp³-hybridized carbons (Fsp3) is 0.0500. The Morgan fingerprint density at radius 1 is 0.815 bits per heavy atom. The summed E-state index contributed by atoms with van der Waals surface area (Å²) in [4.78, 5) is 30.2. The maximum absolute atomic E-state index is 12.7. The van der Waals surface area contributed by atoms with Gasteiger partial charge in [0, 0.05) is 12.1 Å². The predicted molar refractivity (Wildman–Crippen MR) is 100 cm³/mol. The number of amides is 1. The first-order valence-corrected chi connectivity index (χ1v) is 8.30. The zero-order valence-corrected chi connectivity index (χ0v) is 14.1. The van der Waals surface area contributed by atoms with Gasteiger partial charge in [-0.25, -0.2) is 9.69 Å². The van der Waals surface area contributed by atoms with Crippen LogP contribution in [0.5, 0.6) is 0 Å². The van der Waals surface area contributed by atoms with E-state index in [1.165, 1.54) is 17.0 Å². The van der Waals surface area contributed by atoms with Crippen LogP contribution in [0.4, 0.5) is 21.9 Å². The van der Waals surface area contributed by atoms with Crippen LogP contribution in [0.1, 0.15) is 11.7 Å². The summed E-state index contributed by atoms with van der Waals surface area (Å²) in [6, 6.07) is 24.6. The van der Waals surface area contributed by atoms with Crippen molar-refractivity contribution >= 4 is 23.2 Å². The van der Waals surface area contributed by atoms with Crippen molar-refractivity contribution in [2.45, 2.75) is 6.17 Å². The van der Waals surface area contributed by atoms with Crippen LogP contribution < -0.4 is 9.96 Å². The molecule has 7 heteroatoms. The molecule has 1 atom stereocenters. The van der Waals surface area contributed by atoms with E-state index in [0.29, 0.717) is 5.69 Å². The number of rotatable bonds is 4. The van der Waals surface area contributed by atoms with Crippen LogP contribution in [0.15, 0.2) is 84.9 Å². The minimum atomic E-state index is -0.554. The van der Waals surface area contributed by atoms with E-state index in [1.54, 1.807) is 17.2 Å². The molecule has 3 aromatic carbocycles. The van der Waals surface area contributed by atoms with Gasteiger partial charge in [0.15, 0.2) is 6.17 Å². The Morgan fingerprint density at radius 2 is 1.41 bits per heavy atom. The lowest BCUT2D eigenvalue weighted by Crippen LogP contribution is -2.31. The van der Waals surface area contributed by atoms with Gasteiger partial charge in [-0.3, -0.25) is 10.1 Å². The summed E-state index contributed by atoms with van der Waals surface area (Å²) in [5.74, 6) is 0. The van der Waals surface area contributed by atoms with Gasteiger partial charge in [-0.15, -0.1) is 0 Å². The van der Waals surface area contributed by atoms with Crippen LogP contribution in [0.25, 0.3) is 0 Å². The van der Waals surface area contributed by atoms with Gasteiger partial charge in [0.25, 0.3) is 5.69 Å². The van der Waals surface area contributed by atoms with Crippen LogP contribution in [0.2, 0.25) is 0 Å². The molecule has 1 saturated heterocycles. The maximum Gasteiger partial charge on any atom is 0.440 e. The molecule has 134 valence electrons. The van der Waals surface area contributed by atoms with Crippen molar-refractivity contribution in [3.8, 4) is 0 Å². The summed E-state index contributed by atoms with van der Waals surface area (Å²) >= 11 is 0. The topological polar surface area (TPSA) is 75.9 Å². The van der Waals surface area contributed by atoms with Crippen LogP contribution in [0.3, 0.4) is 0 Å². The summed E-state index contributed by atoms with van der Waals surface area (Å²) in [7, 11) is 0. The Labute approximate surface area is 155 Å². The molecule has 0 bridgehead atoms. The van der Waals surface area contributed by atoms with E-state index in [4.69, 9.17) is 4.84 Å². The lowest BCUT2D eigenvalue weighted by atomic mass is 10.1. The molecule has 1 heterocycles. The van der Waals surface area contributed by atoms with E-state index < -0.39 is 17.2 Å². The lowest BCUT2D eigenvalue weighted by molar-refractivity contribution is -0.384. The highest BCUT2D eigenvalue weighted by Gasteiger charge is 2.42. The van der Waals surface area contributed by atoms with Crippen molar-refractivity contribution in [1.29, 1.82) is 0 Å². The molecule has 1 aliphatic heterocycles. The van der Waals surface area contributed by atoms with E-state index in [-0.39, 0.29) is 5.69 Å². The first-order chi connectivity index (χ1) is 13.1. The Balaban J connectivity index is 1.79. The molecule has 3 aromatic rings. The maximum atomic E-state index is 12.7. The molecular formula is C20H15N3O4. The van der Waals surface area contributed by atoms with E-state index in [9.17, 15) is 14.9 Å². The second kappa shape index (κ2) is 6.80. The molecule has 0 spiro atoms. The van der Waals surface area contributed by atoms with E-state index in [1.807, 2.05) is 60.7 Å². The summed E-state index contributed by atoms with van der Waals surface area (Å²) in [5, 5.41) is 12.5. The Bertz CT molecular complexity index is 962. The number of hydrogen-bond acceptors (Lipinski definition) is 5. The Kier molecular flexibility index (Phi) is 4.18. The van der Waals surface area contributed by atoms with E-state index in [2.05, 4.69) is 0 Å². The van der Waals surface area contributed by atoms with Crippen molar-refractivity contribution < 1.29 is 14.6 Å². The first kappa shape index (κ1) is 16.6. The third-order valence-corrected chi connectivity index (χ3v) is 4.29. The fourth-order valence-corrected chi connectivity index (χ4v) is 3.04. The predicted octanol–water partition coefficient (Wildman–Crippen LogP) is 4.67. The van der Waals surface area contributed by atoms with Gasteiger partial charge in [-0.2, -0.15) is 5.06 Å². The number of non-ortho nitro benzene ring substituents is 1. The van der Waals surface area contributed by atoms with Crippen LogP contribution >= 0.6 is 0 Å². The van der Waals surface area contributed by atoms with Crippen LogP contribution in [-0.4, -0.2) is 11.0 Å². The minimum absolute atomic E-state index is 0.0394. The summed E-state index contributed by atoms with van der Waals surface area (Å²) < 4.78 is 0. The standard InChI is InChI=1S/C20H15N3O4/c24-20-21(16-11-13-18(14-12-16)23(25)26)19(15-7-3-1-4-8-15)22(27-20)17-9-5-2-6-10-17/h1-14,19H/t19-/m1/s1. The normalized spacial score (nSPS) is 16.3. The molecule has 0 radical (unpaired) electrons. The zero-order chi connectivity index (χ0) is 18.8. The lowest BCUT2D eigenvalue weighted by Gasteiger charge is -2.27. The highest BCUT2D eigenvalue weighted by Crippen LogP contribution is 2.39. The summed E-state index contributed by atoms with van der Waals surface area (Å²) in [6.07, 6.45) is -1.09. The van der Waals surface area contributed by atoms with Gasteiger partial charge in [-0.05, 0) is 29.8 Å². The van der Waals surface area contributed by atoms with Gasteiger partial charge >= 0.3 is 6.09 Å². The molecule has 0 aromatic heterocycles. The minimum Gasteiger partial charge on any atom is -0.319 e. The van der Waals surface area contributed by atoms with E-state index in [0.717, 1.165) is 11.3 Å². The van der Waals surface area contributed by atoms with Gasteiger partial charge in [-0.1, -0.05) is 48.5 Å². The summed E-state index contributed by atoms with van der Waals surface area (Å²) in [6.45, 7) is 0. The third kappa shape index (κ3) is 3.06. The Morgan fingerprint density at radius 3 is 2.00 bits per heavy atom. The fourth-order valence-electron chi connectivity index (χ4n) is 3.04. The number of nitro groups is 1. The molecule has 1 fully saturated rings. The average molecular weight is 361 g/mol. The van der Waals surface area contributed by atoms with E-state index >= 15 is 0 Å². The number of anilines is 2. The second-order valence-electron chi connectivity index (χ2n) is 5.95. The number of para-hydroxylation sites is 1. The highest BCUT2D eigenvalue weighted by molar-refractivity contribution is 5.92. The monoisotopic (exact) mass is 361 g/mol. The van der Waals surface area contributed by atoms with Crippen LogP contribution in [-0.2, 0) is 4.84 Å². The molecule has 0 unspecified atom stereocenters. The molecule has 27 heavy (non-hydrogen) atoms. The average Bonchev–Trinajstić information content (AvgIpc) is 3.06.